The molecule has 0 aliphatic carbocycles. The summed E-state index contributed by atoms with van der Waals surface area (Å²) in [5.74, 6) is 1.28. The molecule has 0 fully saturated rings. The molecule has 1 rings (SSSR count). The van der Waals surface area contributed by atoms with Gasteiger partial charge in [0.1, 0.15) is 18.0 Å². The van der Waals surface area contributed by atoms with Crippen LogP contribution in [0.4, 0.5) is 4.39 Å². The highest BCUT2D eigenvalue weighted by Gasteiger charge is 2.17. The summed E-state index contributed by atoms with van der Waals surface area (Å²) in [7, 11) is 0. The maximum absolute atomic E-state index is 13.3. The number of ether oxygens (including phenoxy) is 1. The Bertz CT molecular complexity index is 350. The molecule has 0 amide bonds. The molecule has 0 radical (unpaired) electrons. The van der Waals surface area contributed by atoms with Gasteiger partial charge in [0.05, 0.1) is 0 Å². The average Bonchev–Trinajstić information content (AvgIpc) is 2.14. The lowest BCUT2D eigenvalue weighted by Crippen LogP contribution is -2.22. The third-order valence-electron chi connectivity index (χ3n) is 2.44. The molecular weight excluding hydrogens is 203 g/mol. The third kappa shape index (κ3) is 3.84. The van der Waals surface area contributed by atoms with Crippen LogP contribution in [0.3, 0.4) is 0 Å². The fraction of sp³-hybridized carbons (Fsp3) is 0.571. The van der Waals surface area contributed by atoms with Crippen LogP contribution in [0.15, 0.2) is 18.2 Å². The maximum Gasteiger partial charge on any atom is 0.139 e. The van der Waals surface area contributed by atoms with Crippen LogP contribution in [0.5, 0.6) is 5.75 Å². The molecule has 0 saturated carbocycles. The van der Waals surface area contributed by atoms with Gasteiger partial charge in [0.15, 0.2) is 0 Å². The van der Waals surface area contributed by atoms with Crippen molar-refractivity contribution in [1.82, 2.24) is 0 Å². The Kier molecular flexibility index (Phi) is 3.95. The van der Waals surface area contributed by atoms with Gasteiger partial charge in [-0.25, -0.2) is 4.39 Å². The zero-order valence-corrected chi connectivity index (χ0v) is 10.8. The summed E-state index contributed by atoms with van der Waals surface area (Å²) >= 11 is 0. The smallest absolute Gasteiger partial charge is 0.139 e. The maximum atomic E-state index is 13.3. The first-order valence-corrected chi connectivity index (χ1v) is 5.72. The van der Waals surface area contributed by atoms with Crippen LogP contribution < -0.4 is 4.74 Å². The van der Waals surface area contributed by atoms with Gasteiger partial charge >= 0.3 is 0 Å². The molecule has 0 N–H and O–H groups in total. The number of aryl methyl sites for hydroxylation is 1. The molecule has 0 atom stereocenters. The molecule has 90 valence electrons. The Balaban J connectivity index is 2.76. The van der Waals surface area contributed by atoms with Crippen molar-refractivity contribution >= 4 is 0 Å². The highest BCUT2D eigenvalue weighted by atomic mass is 19.1. The molecule has 2 heteroatoms. The van der Waals surface area contributed by atoms with E-state index in [9.17, 15) is 4.39 Å². The number of halogens is 1. The summed E-state index contributed by atoms with van der Waals surface area (Å²) in [5.41, 5.74) is 1.06. The van der Waals surface area contributed by atoms with Crippen LogP contribution in [-0.2, 0) is 0 Å². The van der Waals surface area contributed by atoms with Crippen molar-refractivity contribution in [3.63, 3.8) is 0 Å². The second kappa shape index (κ2) is 4.86. The Hall–Kier alpha value is -1.05. The Morgan fingerprint density at radius 1 is 1.31 bits per heavy atom. The highest BCUT2D eigenvalue weighted by Crippen LogP contribution is 2.24. The van der Waals surface area contributed by atoms with E-state index in [1.807, 2.05) is 19.1 Å². The number of rotatable bonds is 4. The summed E-state index contributed by atoms with van der Waals surface area (Å²) in [5, 5.41) is 0. The zero-order valence-electron chi connectivity index (χ0n) is 10.8. The molecule has 0 bridgehead atoms. The molecule has 0 aliphatic heterocycles. The minimum absolute atomic E-state index is 0.0921. The number of benzene rings is 1. The zero-order chi connectivity index (χ0) is 12.3. The summed E-state index contributed by atoms with van der Waals surface area (Å²) in [6.45, 7) is 9.43. The van der Waals surface area contributed by atoms with Crippen LogP contribution in [0, 0.1) is 6.92 Å². The molecule has 0 aliphatic rings. The molecule has 16 heavy (non-hydrogen) atoms. The number of hydrogen-bond donors (Lipinski definition) is 0. The van der Waals surface area contributed by atoms with Crippen molar-refractivity contribution < 1.29 is 9.13 Å². The van der Waals surface area contributed by atoms with Crippen LogP contribution in [-0.4, -0.2) is 12.3 Å². The monoisotopic (exact) mass is 224 g/mol. The standard InChI is InChI=1S/C14H21FO/c1-10(2)12-6-7-13(11(3)8-12)16-9-14(4,5)15/h6-8,10H,9H2,1-5H3. The summed E-state index contributed by atoms with van der Waals surface area (Å²) < 4.78 is 18.7. The van der Waals surface area contributed by atoms with Gasteiger partial charge in [-0.15, -0.1) is 0 Å². The Morgan fingerprint density at radius 2 is 1.94 bits per heavy atom. The van der Waals surface area contributed by atoms with Crippen molar-refractivity contribution in [2.24, 2.45) is 0 Å². The van der Waals surface area contributed by atoms with Crippen LogP contribution in [0.25, 0.3) is 0 Å². The lowest BCUT2D eigenvalue weighted by Gasteiger charge is -2.17. The fourth-order valence-electron chi connectivity index (χ4n) is 1.44. The van der Waals surface area contributed by atoms with Crippen molar-refractivity contribution in [3.05, 3.63) is 29.3 Å². The van der Waals surface area contributed by atoms with Crippen LogP contribution in [0.2, 0.25) is 0 Å². The molecular formula is C14H21FO. The van der Waals surface area contributed by atoms with Gasteiger partial charge in [-0.1, -0.05) is 26.0 Å². The molecule has 0 saturated heterocycles. The largest absolute Gasteiger partial charge is 0.490 e. The van der Waals surface area contributed by atoms with E-state index in [0.29, 0.717) is 5.92 Å². The molecule has 1 aromatic rings. The summed E-state index contributed by atoms with van der Waals surface area (Å²) in [4.78, 5) is 0. The second-order valence-electron chi connectivity index (χ2n) is 5.19. The highest BCUT2D eigenvalue weighted by molar-refractivity contribution is 5.37. The van der Waals surface area contributed by atoms with Gasteiger partial charge in [0, 0.05) is 0 Å². The molecule has 0 heterocycles. The van der Waals surface area contributed by atoms with E-state index in [0.717, 1.165) is 11.3 Å². The predicted octanol–water partition coefficient (Wildman–Crippen LogP) is 4.25. The SMILES string of the molecule is Cc1cc(C(C)C)ccc1OCC(C)(C)F. The van der Waals surface area contributed by atoms with E-state index in [1.54, 1.807) is 0 Å². The first-order valence-electron chi connectivity index (χ1n) is 5.72. The van der Waals surface area contributed by atoms with Crippen molar-refractivity contribution in [3.8, 4) is 5.75 Å². The van der Waals surface area contributed by atoms with Crippen molar-refractivity contribution in [1.29, 1.82) is 0 Å². The topological polar surface area (TPSA) is 9.23 Å². The Morgan fingerprint density at radius 3 is 2.38 bits per heavy atom. The van der Waals surface area contributed by atoms with E-state index in [-0.39, 0.29) is 6.61 Å². The van der Waals surface area contributed by atoms with Crippen molar-refractivity contribution in [2.75, 3.05) is 6.61 Å². The second-order valence-corrected chi connectivity index (χ2v) is 5.19. The van der Waals surface area contributed by atoms with Crippen LogP contribution in [0.1, 0.15) is 44.7 Å². The van der Waals surface area contributed by atoms with Gasteiger partial charge in [0.25, 0.3) is 0 Å². The first kappa shape index (κ1) is 13.0. The van der Waals surface area contributed by atoms with Crippen molar-refractivity contribution in [2.45, 2.75) is 46.2 Å². The third-order valence-corrected chi connectivity index (χ3v) is 2.44. The van der Waals surface area contributed by atoms with Gasteiger partial charge in [0.2, 0.25) is 0 Å². The van der Waals surface area contributed by atoms with E-state index in [4.69, 9.17) is 4.74 Å². The average molecular weight is 224 g/mol. The number of hydrogen-bond acceptors (Lipinski definition) is 1. The minimum Gasteiger partial charge on any atom is -0.490 e. The summed E-state index contributed by atoms with van der Waals surface area (Å²) in [6, 6.07) is 6.07. The first-order chi connectivity index (χ1) is 7.29. The number of alkyl halides is 1. The lowest BCUT2D eigenvalue weighted by molar-refractivity contribution is 0.120. The van der Waals surface area contributed by atoms with E-state index >= 15 is 0 Å². The quantitative estimate of drug-likeness (QED) is 0.743. The van der Waals surface area contributed by atoms with Gasteiger partial charge in [-0.3, -0.25) is 0 Å². The summed E-state index contributed by atoms with van der Waals surface area (Å²) in [6.07, 6.45) is 0. The lowest BCUT2D eigenvalue weighted by atomic mass is 10.0. The van der Waals surface area contributed by atoms with Gasteiger partial charge in [-0.2, -0.15) is 0 Å². The van der Waals surface area contributed by atoms with Gasteiger partial charge in [-0.05, 0) is 43.9 Å². The normalized spacial score (nSPS) is 11.9. The molecule has 1 nitrogen and oxygen atoms in total. The van der Waals surface area contributed by atoms with Crippen LogP contribution >= 0.6 is 0 Å². The molecule has 0 aromatic heterocycles. The molecule has 0 spiro atoms. The molecule has 1 aromatic carbocycles. The van der Waals surface area contributed by atoms with E-state index < -0.39 is 5.67 Å². The molecule has 0 unspecified atom stereocenters. The van der Waals surface area contributed by atoms with Gasteiger partial charge < -0.3 is 4.74 Å². The van der Waals surface area contributed by atoms with E-state index in [2.05, 4.69) is 19.9 Å². The van der Waals surface area contributed by atoms with E-state index in [1.165, 1.54) is 19.4 Å². The predicted molar refractivity (Wildman–Crippen MR) is 66.0 cm³/mol. The Labute approximate surface area is 97.6 Å². The minimum atomic E-state index is -1.29. The fourth-order valence-corrected chi connectivity index (χ4v) is 1.44.